The number of benzene rings is 1. The van der Waals surface area contributed by atoms with Crippen LogP contribution < -0.4 is 10.1 Å². The fourth-order valence-electron chi connectivity index (χ4n) is 2.59. The smallest absolute Gasteiger partial charge is 0.234 e. The Hall–Kier alpha value is -1.20. The van der Waals surface area contributed by atoms with Gasteiger partial charge in [-0.05, 0) is 50.2 Å². The molecule has 0 radical (unpaired) electrons. The summed E-state index contributed by atoms with van der Waals surface area (Å²) in [6.07, 6.45) is 5.38. The maximum absolute atomic E-state index is 11.9. The molecule has 5 heteroatoms. The highest BCUT2D eigenvalue weighted by atomic mass is 32.2. The highest BCUT2D eigenvalue weighted by Gasteiger charge is 2.09. The first kappa shape index (κ1) is 17.2. The van der Waals surface area contributed by atoms with Crippen LogP contribution in [0.2, 0.25) is 0 Å². The molecule has 122 valence electrons. The SMILES string of the molecule is COc1ccc(NC(=O)CSCCN2CCCCCC2)cc1. The number of thioether (sulfide) groups is 1. The molecule has 1 fully saturated rings. The number of nitrogens with one attached hydrogen (secondary N) is 1. The number of carbonyl (C=O) groups is 1. The molecular weight excluding hydrogens is 296 g/mol. The van der Waals surface area contributed by atoms with Crippen molar-refractivity contribution in [3.05, 3.63) is 24.3 Å². The van der Waals surface area contributed by atoms with Crippen LogP contribution in [0.1, 0.15) is 25.7 Å². The van der Waals surface area contributed by atoms with E-state index in [0.717, 1.165) is 23.7 Å². The number of hydrogen-bond acceptors (Lipinski definition) is 4. The van der Waals surface area contributed by atoms with Crippen molar-refractivity contribution in [1.82, 2.24) is 4.90 Å². The predicted molar refractivity (Wildman–Crippen MR) is 93.9 cm³/mol. The lowest BCUT2D eigenvalue weighted by Crippen LogP contribution is -2.27. The van der Waals surface area contributed by atoms with Crippen molar-refractivity contribution in [3.63, 3.8) is 0 Å². The molecule has 0 aliphatic carbocycles. The van der Waals surface area contributed by atoms with E-state index >= 15 is 0 Å². The summed E-state index contributed by atoms with van der Waals surface area (Å²) in [5, 5.41) is 2.91. The van der Waals surface area contributed by atoms with Gasteiger partial charge in [0.1, 0.15) is 5.75 Å². The minimum atomic E-state index is 0.0611. The number of likely N-dealkylation sites (tertiary alicyclic amines) is 1. The fraction of sp³-hybridized carbons (Fsp3) is 0.588. The highest BCUT2D eigenvalue weighted by Crippen LogP contribution is 2.15. The van der Waals surface area contributed by atoms with E-state index in [0.29, 0.717) is 5.75 Å². The van der Waals surface area contributed by atoms with Crippen LogP contribution in [0.5, 0.6) is 5.75 Å². The highest BCUT2D eigenvalue weighted by molar-refractivity contribution is 7.99. The molecule has 1 amide bonds. The van der Waals surface area contributed by atoms with Gasteiger partial charge < -0.3 is 15.0 Å². The number of rotatable bonds is 7. The third-order valence-corrected chi connectivity index (χ3v) is 4.80. The molecule has 0 saturated carbocycles. The maximum atomic E-state index is 11.9. The number of methoxy groups -OCH3 is 1. The topological polar surface area (TPSA) is 41.6 Å². The summed E-state index contributed by atoms with van der Waals surface area (Å²) in [4.78, 5) is 14.4. The number of carbonyl (C=O) groups excluding carboxylic acids is 1. The van der Waals surface area contributed by atoms with Gasteiger partial charge in [-0.2, -0.15) is 11.8 Å². The van der Waals surface area contributed by atoms with E-state index in [1.807, 2.05) is 24.3 Å². The summed E-state index contributed by atoms with van der Waals surface area (Å²) in [6.45, 7) is 3.54. The molecule has 1 aromatic rings. The minimum Gasteiger partial charge on any atom is -0.497 e. The zero-order chi connectivity index (χ0) is 15.6. The predicted octanol–water partition coefficient (Wildman–Crippen LogP) is 3.24. The second-order valence-electron chi connectivity index (χ2n) is 5.59. The molecule has 0 atom stereocenters. The van der Waals surface area contributed by atoms with E-state index in [1.165, 1.54) is 38.8 Å². The van der Waals surface area contributed by atoms with Crippen molar-refractivity contribution in [3.8, 4) is 5.75 Å². The largest absolute Gasteiger partial charge is 0.497 e. The summed E-state index contributed by atoms with van der Waals surface area (Å²) < 4.78 is 5.10. The van der Waals surface area contributed by atoms with Crippen LogP contribution in [0.3, 0.4) is 0 Å². The van der Waals surface area contributed by atoms with Crippen LogP contribution in [0, 0.1) is 0 Å². The molecule has 0 spiro atoms. The normalized spacial score (nSPS) is 16.0. The standard InChI is InChI=1S/C17H26N2O2S/c1-21-16-8-6-15(7-9-16)18-17(20)14-22-13-12-19-10-4-2-3-5-11-19/h6-9H,2-5,10-14H2,1H3,(H,18,20). The molecule has 0 unspecified atom stereocenters. The number of nitrogens with zero attached hydrogens (tertiary/aromatic N) is 1. The zero-order valence-electron chi connectivity index (χ0n) is 13.3. The Morgan fingerprint density at radius 2 is 1.86 bits per heavy atom. The molecule has 0 aromatic heterocycles. The van der Waals surface area contributed by atoms with Crippen LogP contribution in [-0.2, 0) is 4.79 Å². The molecule has 22 heavy (non-hydrogen) atoms. The van der Waals surface area contributed by atoms with Crippen molar-refractivity contribution < 1.29 is 9.53 Å². The van der Waals surface area contributed by atoms with Crippen LogP contribution in [-0.4, -0.2) is 49.1 Å². The van der Waals surface area contributed by atoms with E-state index in [4.69, 9.17) is 4.74 Å². The molecule has 1 aromatic carbocycles. The Labute approximate surface area is 137 Å². The summed E-state index contributed by atoms with van der Waals surface area (Å²) in [6, 6.07) is 7.42. The van der Waals surface area contributed by atoms with Crippen LogP contribution in [0.25, 0.3) is 0 Å². The van der Waals surface area contributed by atoms with Crippen LogP contribution in [0.4, 0.5) is 5.69 Å². The lowest BCUT2D eigenvalue weighted by Gasteiger charge is -2.19. The number of hydrogen-bond donors (Lipinski definition) is 1. The van der Waals surface area contributed by atoms with Crippen LogP contribution >= 0.6 is 11.8 Å². The minimum absolute atomic E-state index is 0.0611. The molecule has 1 heterocycles. The number of amides is 1. The van der Waals surface area contributed by atoms with Gasteiger partial charge >= 0.3 is 0 Å². The molecule has 1 aliphatic rings. The summed E-state index contributed by atoms with van der Waals surface area (Å²) in [7, 11) is 1.63. The van der Waals surface area contributed by atoms with Gasteiger partial charge in [-0.15, -0.1) is 0 Å². The van der Waals surface area contributed by atoms with E-state index in [9.17, 15) is 4.79 Å². The van der Waals surface area contributed by atoms with E-state index in [2.05, 4.69) is 10.2 Å². The Balaban J connectivity index is 1.60. The first-order valence-electron chi connectivity index (χ1n) is 8.02. The van der Waals surface area contributed by atoms with Gasteiger partial charge in [0.05, 0.1) is 12.9 Å². The van der Waals surface area contributed by atoms with Crippen LogP contribution in [0.15, 0.2) is 24.3 Å². The van der Waals surface area contributed by atoms with Crippen molar-refractivity contribution in [1.29, 1.82) is 0 Å². The van der Waals surface area contributed by atoms with Gasteiger partial charge in [0.25, 0.3) is 0 Å². The molecule has 1 saturated heterocycles. The van der Waals surface area contributed by atoms with Gasteiger partial charge in [-0.1, -0.05) is 12.8 Å². The Morgan fingerprint density at radius 1 is 1.18 bits per heavy atom. The quantitative estimate of drug-likeness (QED) is 0.783. The zero-order valence-corrected chi connectivity index (χ0v) is 14.2. The van der Waals surface area contributed by atoms with Crippen molar-refractivity contribution in [2.45, 2.75) is 25.7 Å². The Bertz CT molecular complexity index is 442. The van der Waals surface area contributed by atoms with Crippen molar-refractivity contribution in [2.75, 3.05) is 43.6 Å². The second kappa shape index (κ2) is 9.74. The summed E-state index contributed by atoms with van der Waals surface area (Å²) in [5.41, 5.74) is 0.818. The fourth-order valence-corrected chi connectivity index (χ4v) is 3.38. The molecule has 0 bridgehead atoms. The maximum Gasteiger partial charge on any atom is 0.234 e. The molecule has 4 nitrogen and oxygen atoms in total. The third-order valence-electron chi connectivity index (χ3n) is 3.86. The van der Waals surface area contributed by atoms with E-state index in [-0.39, 0.29) is 5.91 Å². The molecule has 2 rings (SSSR count). The van der Waals surface area contributed by atoms with Gasteiger partial charge in [0, 0.05) is 18.0 Å². The van der Waals surface area contributed by atoms with Gasteiger partial charge in [0.15, 0.2) is 0 Å². The molecule has 1 N–H and O–H groups in total. The average Bonchev–Trinajstić information content (AvgIpc) is 2.81. The lowest BCUT2D eigenvalue weighted by atomic mass is 10.2. The molecule has 1 aliphatic heterocycles. The summed E-state index contributed by atoms with van der Waals surface area (Å²) in [5.74, 6) is 2.39. The third kappa shape index (κ3) is 6.28. The van der Waals surface area contributed by atoms with Gasteiger partial charge in [-0.25, -0.2) is 0 Å². The van der Waals surface area contributed by atoms with Crippen molar-refractivity contribution >= 4 is 23.4 Å². The Kier molecular flexibility index (Phi) is 7.60. The van der Waals surface area contributed by atoms with Crippen molar-refractivity contribution in [2.24, 2.45) is 0 Å². The van der Waals surface area contributed by atoms with E-state index < -0.39 is 0 Å². The van der Waals surface area contributed by atoms with Gasteiger partial charge in [0.2, 0.25) is 5.91 Å². The number of ether oxygens (including phenoxy) is 1. The Morgan fingerprint density at radius 3 is 2.50 bits per heavy atom. The summed E-state index contributed by atoms with van der Waals surface area (Å²) >= 11 is 1.71. The lowest BCUT2D eigenvalue weighted by molar-refractivity contribution is -0.113. The molecular formula is C17H26N2O2S. The van der Waals surface area contributed by atoms with Gasteiger partial charge in [-0.3, -0.25) is 4.79 Å². The average molecular weight is 322 g/mol. The first-order valence-corrected chi connectivity index (χ1v) is 9.17. The first-order chi connectivity index (χ1) is 10.8. The number of anilines is 1. The monoisotopic (exact) mass is 322 g/mol. The van der Waals surface area contributed by atoms with E-state index in [1.54, 1.807) is 18.9 Å². The second-order valence-corrected chi connectivity index (χ2v) is 6.69.